The molecule has 1 amide bonds. The molecule has 0 bridgehead atoms. The van der Waals surface area contributed by atoms with Crippen molar-refractivity contribution in [3.63, 3.8) is 0 Å². The number of aryl methyl sites for hydroxylation is 1. The summed E-state index contributed by atoms with van der Waals surface area (Å²) in [6, 6.07) is 11.7. The molecule has 0 aliphatic heterocycles. The van der Waals surface area contributed by atoms with Crippen LogP contribution in [0.1, 0.15) is 46.2 Å². The summed E-state index contributed by atoms with van der Waals surface area (Å²) >= 11 is 0. The molecule has 3 aromatic heterocycles. The van der Waals surface area contributed by atoms with E-state index in [9.17, 15) is 4.79 Å². The van der Waals surface area contributed by atoms with E-state index >= 15 is 0 Å². The second kappa shape index (κ2) is 7.55. The van der Waals surface area contributed by atoms with E-state index in [0.29, 0.717) is 29.9 Å². The van der Waals surface area contributed by atoms with E-state index in [0.717, 1.165) is 29.8 Å². The lowest BCUT2D eigenvalue weighted by Gasteiger charge is -2.04. The van der Waals surface area contributed by atoms with Gasteiger partial charge in [-0.25, -0.2) is 9.97 Å². The number of rotatable bonds is 6. The molecular weight excluding hydrogens is 380 g/mol. The summed E-state index contributed by atoms with van der Waals surface area (Å²) in [7, 11) is 0. The number of carbonyl (C=O) groups excluding carboxylic acids is 1. The lowest BCUT2D eigenvalue weighted by atomic mass is 10.1. The van der Waals surface area contributed by atoms with Crippen LogP contribution in [0.4, 0.5) is 0 Å². The van der Waals surface area contributed by atoms with Gasteiger partial charge in [0.05, 0.1) is 5.56 Å². The van der Waals surface area contributed by atoms with Crippen LogP contribution in [0.15, 0.2) is 59.6 Å². The van der Waals surface area contributed by atoms with Gasteiger partial charge in [-0.3, -0.25) is 9.36 Å². The fourth-order valence-electron chi connectivity index (χ4n) is 3.07. The standard InChI is InChI=1S/C22H20N6O2/c1-14-2-4-15(5-3-14)10-24-21(29)18-12-28(13-25-18)19-9-8-17(11-23-19)22-26-20(27-30-22)16-6-7-16/h2-5,8-9,11-13,16H,6-7,10H2,1H3,(H,24,29). The smallest absolute Gasteiger partial charge is 0.271 e. The Bertz CT molecular complexity index is 1170. The molecular formula is C22H20N6O2. The van der Waals surface area contributed by atoms with Crippen molar-refractivity contribution < 1.29 is 9.32 Å². The van der Waals surface area contributed by atoms with Crippen molar-refractivity contribution in [2.45, 2.75) is 32.2 Å². The van der Waals surface area contributed by atoms with Crippen LogP contribution in [0, 0.1) is 6.92 Å². The summed E-state index contributed by atoms with van der Waals surface area (Å²) in [5.41, 5.74) is 3.31. The summed E-state index contributed by atoms with van der Waals surface area (Å²) in [5, 5.41) is 6.91. The van der Waals surface area contributed by atoms with Crippen molar-refractivity contribution >= 4 is 5.91 Å². The molecule has 4 aromatic rings. The highest BCUT2D eigenvalue weighted by molar-refractivity contribution is 5.92. The van der Waals surface area contributed by atoms with Crippen molar-refractivity contribution in [2.75, 3.05) is 0 Å². The van der Waals surface area contributed by atoms with E-state index in [-0.39, 0.29) is 5.91 Å². The molecule has 1 saturated carbocycles. The number of carbonyl (C=O) groups is 1. The van der Waals surface area contributed by atoms with Gasteiger partial charge in [-0.2, -0.15) is 4.98 Å². The Morgan fingerprint density at radius 2 is 2.00 bits per heavy atom. The Hall–Kier alpha value is -3.81. The molecule has 0 saturated heterocycles. The van der Waals surface area contributed by atoms with E-state index in [2.05, 4.69) is 25.4 Å². The predicted octanol–water partition coefficient (Wildman–Crippen LogP) is 3.43. The maximum Gasteiger partial charge on any atom is 0.271 e. The van der Waals surface area contributed by atoms with Gasteiger partial charge in [0.25, 0.3) is 11.8 Å². The van der Waals surface area contributed by atoms with Gasteiger partial charge in [0.15, 0.2) is 5.82 Å². The van der Waals surface area contributed by atoms with E-state index < -0.39 is 0 Å². The molecule has 1 N–H and O–H groups in total. The zero-order chi connectivity index (χ0) is 20.5. The highest BCUT2D eigenvalue weighted by Gasteiger charge is 2.29. The quantitative estimate of drug-likeness (QED) is 0.532. The molecule has 8 nitrogen and oxygen atoms in total. The summed E-state index contributed by atoms with van der Waals surface area (Å²) < 4.78 is 7.03. The Balaban J connectivity index is 1.25. The minimum atomic E-state index is -0.232. The van der Waals surface area contributed by atoms with Gasteiger partial charge in [0, 0.05) is 24.9 Å². The molecule has 0 atom stereocenters. The Morgan fingerprint density at radius 3 is 2.73 bits per heavy atom. The maximum atomic E-state index is 12.4. The molecule has 1 aromatic carbocycles. The number of hydrogen-bond donors (Lipinski definition) is 1. The van der Waals surface area contributed by atoms with Crippen LogP contribution in [0.5, 0.6) is 0 Å². The van der Waals surface area contributed by atoms with Crippen LogP contribution in [0.2, 0.25) is 0 Å². The summed E-state index contributed by atoms with van der Waals surface area (Å²) in [4.78, 5) is 25.5. The highest BCUT2D eigenvalue weighted by Crippen LogP contribution is 2.38. The van der Waals surface area contributed by atoms with Crippen LogP contribution < -0.4 is 5.32 Å². The molecule has 0 radical (unpaired) electrons. The summed E-state index contributed by atoms with van der Waals surface area (Å²) in [6.07, 6.45) is 7.15. The molecule has 1 fully saturated rings. The molecule has 30 heavy (non-hydrogen) atoms. The van der Waals surface area contributed by atoms with Crippen molar-refractivity contribution in [1.29, 1.82) is 0 Å². The van der Waals surface area contributed by atoms with Crippen molar-refractivity contribution in [3.8, 4) is 17.3 Å². The number of benzene rings is 1. The number of amides is 1. The summed E-state index contributed by atoms with van der Waals surface area (Å²) in [6.45, 7) is 2.48. The SMILES string of the molecule is Cc1ccc(CNC(=O)c2cn(-c3ccc(-c4nc(C5CC5)no4)cn3)cn2)cc1. The molecule has 150 valence electrons. The normalized spacial score (nSPS) is 13.4. The Kier molecular flexibility index (Phi) is 4.59. The van der Waals surface area contributed by atoms with E-state index in [1.807, 2.05) is 43.3 Å². The summed E-state index contributed by atoms with van der Waals surface area (Å²) in [5.74, 6) is 2.09. The zero-order valence-corrected chi connectivity index (χ0v) is 16.4. The topological polar surface area (TPSA) is 98.7 Å². The van der Waals surface area contributed by atoms with Gasteiger partial charge in [-0.05, 0) is 37.5 Å². The second-order valence-corrected chi connectivity index (χ2v) is 7.47. The zero-order valence-electron chi connectivity index (χ0n) is 16.4. The average molecular weight is 400 g/mol. The van der Waals surface area contributed by atoms with E-state index in [1.54, 1.807) is 23.3 Å². The third-order valence-electron chi connectivity index (χ3n) is 5.03. The number of aromatic nitrogens is 5. The lowest BCUT2D eigenvalue weighted by molar-refractivity contribution is 0.0946. The number of hydrogen-bond acceptors (Lipinski definition) is 6. The molecule has 0 unspecified atom stereocenters. The second-order valence-electron chi connectivity index (χ2n) is 7.47. The number of nitrogens with zero attached hydrogens (tertiary/aromatic N) is 5. The van der Waals surface area contributed by atoms with Crippen LogP contribution in [-0.4, -0.2) is 30.6 Å². The van der Waals surface area contributed by atoms with Crippen LogP contribution in [-0.2, 0) is 6.54 Å². The van der Waals surface area contributed by atoms with Crippen molar-refractivity contribution in [1.82, 2.24) is 30.0 Å². The lowest BCUT2D eigenvalue weighted by Crippen LogP contribution is -2.23. The van der Waals surface area contributed by atoms with Gasteiger partial charge < -0.3 is 9.84 Å². The van der Waals surface area contributed by atoms with Gasteiger partial charge >= 0.3 is 0 Å². The minimum absolute atomic E-state index is 0.232. The first-order valence-electron chi connectivity index (χ1n) is 9.84. The van der Waals surface area contributed by atoms with Gasteiger partial charge in [-0.15, -0.1) is 0 Å². The molecule has 3 heterocycles. The Morgan fingerprint density at radius 1 is 1.17 bits per heavy atom. The first kappa shape index (κ1) is 18.2. The molecule has 0 spiro atoms. The van der Waals surface area contributed by atoms with Crippen molar-refractivity contribution in [3.05, 3.63) is 77.8 Å². The first-order valence-corrected chi connectivity index (χ1v) is 9.84. The third-order valence-corrected chi connectivity index (χ3v) is 5.03. The van der Waals surface area contributed by atoms with E-state index in [4.69, 9.17) is 4.52 Å². The van der Waals surface area contributed by atoms with E-state index in [1.165, 1.54) is 5.56 Å². The number of nitrogens with one attached hydrogen (secondary N) is 1. The van der Waals surface area contributed by atoms with Gasteiger partial charge in [0.2, 0.25) is 0 Å². The fourth-order valence-corrected chi connectivity index (χ4v) is 3.07. The molecule has 1 aliphatic carbocycles. The fraction of sp³-hybridized carbons (Fsp3) is 0.227. The molecule has 1 aliphatic rings. The first-order chi connectivity index (χ1) is 14.7. The Labute approximate surface area is 173 Å². The van der Waals surface area contributed by atoms with Crippen LogP contribution in [0.25, 0.3) is 17.3 Å². The predicted molar refractivity (Wildman–Crippen MR) is 109 cm³/mol. The van der Waals surface area contributed by atoms with Gasteiger partial charge in [0.1, 0.15) is 17.8 Å². The molecule has 8 heteroatoms. The molecule has 5 rings (SSSR count). The van der Waals surface area contributed by atoms with Crippen molar-refractivity contribution in [2.24, 2.45) is 0 Å². The van der Waals surface area contributed by atoms with Gasteiger partial charge in [-0.1, -0.05) is 35.0 Å². The average Bonchev–Trinajstić information content (AvgIpc) is 3.30. The van der Waals surface area contributed by atoms with Crippen LogP contribution in [0.3, 0.4) is 0 Å². The highest BCUT2D eigenvalue weighted by atomic mass is 16.5. The van der Waals surface area contributed by atoms with Crippen LogP contribution >= 0.6 is 0 Å². The number of imidazole rings is 1. The monoisotopic (exact) mass is 400 g/mol. The maximum absolute atomic E-state index is 12.4. The number of pyridine rings is 1. The minimum Gasteiger partial charge on any atom is -0.347 e. The largest absolute Gasteiger partial charge is 0.347 e. The third kappa shape index (κ3) is 3.84.